The lowest BCUT2D eigenvalue weighted by molar-refractivity contribution is 0.472. The molecule has 3 aromatic carbocycles. The van der Waals surface area contributed by atoms with Crippen LogP contribution >= 0.6 is 0 Å². The smallest absolute Gasteiger partial charge is 0.124 e. The van der Waals surface area contributed by atoms with E-state index in [1.165, 1.54) is 60.8 Å². The molecule has 5 heteroatoms. The fourth-order valence-electron chi connectivity index (χ4n) is 7.28. The van der Waals surface area contributed by atoms with E-state index < -0.39 is 0 Å². The molecule has 0 aliphatic heterocycles. The van der Waals surface area contributed by atoms with Gasteiger partial charge in [-0.25, -0.2) is 0 Å². The Kier molecular flexibility index (Phi) is 5.01. The van der Waals surface area contributed by atoms with Gasteiger partial charge in [0.15, 0.2) is 0 Å². The van der Waals surface area contributed by atoms with Gasteiger partial charge in [-0.3, -0.25) is 9.98 Å². The van der Waals surface area contributed by atoms with Gasteiger partial charge < -0.3 is 10.2 Å². The van der Waals surface area contributed by atoms with E-state index in [-0.39, 0.29) is 11.5 Å². The molecule has 0 spiro atoms. The van der Waals surface area contributed by atoms with Crippen LogP contribution in [0.4, 0.5) is 11.4 Å². The highest BCUT2D eigenvalue weighted by Crippen LogP contribution is 2.55. The molecule has 7 rings (SSSR count). The van der Waals surface area contributed by atoms with E-state index in [0.29, 0.717) is 51.7 Å². The lowest BCUT2D eigenvalue weighted by Crippen LogP contribution is -1.99. The molecule has 5 nitrogen and oxygen atoms in total. The summed E-state index contributed by atoms with van der Waals surface area (Å²) in [6.07, 6.45) is 10.6. The summed E-state index contributed by atoms with van der Waals surface area (Å²) in [4.78, 5) is 9.40. The van der Waals surface area contributed by atoms with E-state index in [1.807, 2.05) is 25.1 Å². The number of benzene rings is 3. The highest BCUT2D eigenvalue weighted by molar-refractivity contribution is 5.90. The van der Waals surface area contributed by atoms with Gasteiger partial charge in [-0.05, 0) is 133 Å². The number of rotatable bonds is 4. The van der Waals surface area contributed by atoms with E-state index in [0.717, 1.165) is 5.56 Å². The number of phenols is 2. The van der Waals surface area contributed by atoms with Crippen LogP contribution in [0.5, 0.6) is 11.5 Å². The topological polar surface area (TPSA) is 89.0 Å². The average Bonchev–Trinajstić information content (AvgIpc) is 3.69. The average molecular weight is 488 g/mol. The van der Waals surface area contributed by atoms with Crippen molar-refractivity contribution in [3.8, 4) is 17.6 Å². The standard InChI is InChI=1S/C32H29N3O2/c1-17-6-29(34-15-23-9-25-18-2-4-20(7-18)27(25)12-31(23)36)30(11-22(17)14-33)35-16-24-10-26-19-3-5-21(8-19)28(26)13-32(24)37/h6,9-13,15-16,18-21,36-37H,2-5,7-8H2,1H3. The summed E-state index contributed by atoms with van der Waals surface area (Å²) < 4.78 is 0. The predicted octanol–water partition coefficient (Wildman–Crippen LogP) is 7.51. The molecule has 184 valence electrons. The van der Waals surface area contributed by atoms with Gasteiger partial charge in [0.1, 0.15) is 11.5 Å². The van der Waals surface area contributed by atoms with Crippen molar-refractivity contribution in [1.82, 2.24) is 0 Å². The Balaban J connectivity index is 1.24. The quantitative estimate of drug-likeness (QED) is 0.373. The first kappa shape index (κ1) is 22.3. The fourth-order valence-corrected chi connectivity index (χ4v) is 7.28. The van der Waals surface area contributed by atoms with E-state index in [9.17, 15) is 15.5 Å². The van der Waals surface area contributed by atoms with E-state index in [4.69, 9.17) is 4.99 Å². The number of aromatic hydroxyl groups is 2. The maximum atomic E-state index is 10.7. The third-order valence-corrected chi connectivity index (χ3v) is 9.22. The molecule has 4 atom stereocenters. The first-order valence-corrected chi connectivity index (χ1v) is 13.3. The Morgan fingerprint density at radius 2 is 1.14 bits per heavy atom. The van der Waals surface area contributed by atoms with E-state index in [2.05, 4.69) is 23.2 Å². The van der Waals surface area contributed by atoms with Gasteiger partial charge in [-0.1, -0.05) is 0 Å². The van der Waals surface area contributed by atoms with Gasteiger partial charge in [-0.15, -0.1) is 0 Å². The van der Waals surface area contributed by atoms with Crippen LogP contribution in [-0.2, 0) is 0 Å². The summed E-state index contributed by atoms with van der Waals surface area (Å²) in [7, 11) is 0. The Bertz CT molecular complexity index is 1560. The van der Waals surface area contributed by atoms with Gasteiger partial charge in [0.2, 0.25) is 0 Å². The molecule has 3 aromatic rings. The van der Waals surface area contributed by atoms with Crippen LogP contribution in [0.1, 0.15) is 107 Å². The highest BCUT2D eigenvalue weighted by atomic mass is 16.3. The normalized spacial score (nSPS) is 24.8. The van der Waals surface area contributed by atoms with Gasteiger partial charge in [0.05, 0.1) is 23.0 Å². The van der Waals surface area contributed by atoms with Crippen molar-refractivity contribution in [3.05, 3.63) is 80.9 Å². The van der Waals surface area contributed by atoms with Gasteiger partial charge in [0, 0.05) is 23.6 Å². The van der Waals surface area contributed by atoms with Crippen LogP contribution < -0.4 is 0 Å². The van der Waals surface area contributed by atoms with Crippen LogP contribution in [0.25, 0.3) is 0 Å². The molecule has 4 aliphatic carbocycles. The first-order valence-electron chi connectivity index (χ1n) is 13.3. The van der Waals surface area contributed by atoms with Crippen molar-refractivity contribution in [1.29, 1.82) is 5.26 Å². The number of aryl methyl sites for hydroxylation is 1. The van der Waals surface area contributed by atoms with Crippen LogP contribution in [0.2, 0.25) is 0 Å². The first-order chi connectivity index (χ1) is 18.0. The van der Waals surface area contributed by atoms with Crippen molar-refractivity contribution < 1.29 is 10.2 Å². The Morgan fingerprint density at radius 3 is 1.59 bits per heavy atom. The Morgan fingerprint density at radius 1 is 0.703 bits per heavy atom. The van der Waals surface area contributed by atoms with Crippen LogP contribution in [0.15, 0.2) is 46.4 Å². The summed E-state index contributed by atoms with van der Waals surface area (Å²) in [6.45, 7) is 1.88. The molecule has 37 heavy (non-hydrogen) atoms. The number of hydrogen-bond acceptors (Lipinski definition) is 5. The maximum absolute atomic E-state index is 10.7. The van der Waals surface area contributed by atoms with Crippen LogP contribution in [-0.4, -0.2) is 22.6 Å². The number of phenolic OH excluding ortho intramolecular Hbond substituents is 2. The summed E-state index contributed by atoms with van der Waals surface area (Å²) >= 11 is 0. The zero-order valence-corrected chi connectivity index (χ0v) is 20.9. The van der Waals surface area contributed by atoms with Gasteiger partial charge in [0.25, 0.3) is 0 Å². The number of hydrogen-bond donors (Lipinski definition) is 2. The third kappa shape index (κ3) is 3.58. The van der Waals surface area contributed by atoms with Crippen LogP contribution in [0, 0.1) is 18.3 Å². The number of nitrogens with zero attached hydrogens (tertiary/aromatic N) is 3. The van der Waals surface area contributed by atoms with Crippen LogP contribution in [0.3, 0.4) is 0 Å². The molecule has 0 saturated heterocycles. The fraction of sp³-hybridized carbons (Fsp3) is 0.344. The van der Waals surface area contributed by atoms with E-state index >= 15 is 0 Å². The molecule has 2 N–H and O–H groups in total. The zero-order chi connectivity index (χ0) is 25.3. The molecular weight excluding hydrogens is 458 g/mol. The summed E-state index contributed by atoms with van der Waals surface area (Å²) in [5.41, 5.74) is 9.21. The molecule has 4 bridgehead atoms. The lowest BCUT2D eigenvalue weighted by Gasteiger charge is -2.16. The number of nitriles is 1. The summed E-state index contributed by atoms with van der Waals surface area (Å²) in [5.74, 6) is 2.85. The van der Waals surface area contributed by atoms with Crippen molar-refractivity contribution in [2.45, 2.75) is 69.1 Å². The van der Waals surface area contributed by atoms with Crippen molar-refractivity contribution in [2.75, 3.05) is 0 Å². The number of aliphatic imine (C=N–C) groups is 2. The highest BCUT2D eigenvalue weighted by Gasteiger charge is 2.38. The maximum Gasteiger partial charge on any atom is 0.124 e. The second kappa shape index (κ2) is 8.31. The molecule has 0 heterocycles. The molecule has 2 fully saturated rings. The molecule has 4 aliphatic rings. The van der Waals surface area contributed by atoms with Gasteiger partial charge >= 0.3 is 0 Å². The predicted molar refractivity (Wildman–Crippen MR) is 145 cm³/mol. The molecule has 0 radical (unpaired) electrons. The number of fused-ring (bicyclic) bond motifs is 10. The second-order valence-corrected chi connectivity index (χ2v) is 11.3. The van der Waals surface area contributed by atoms with E-state index in [1.54, 1.807) is 18.5 Å². The minimum atomic E-state index is 0.241. The lowest BCUT2D eigenvalue weighted by atomic mass is 9.90. The molecule has 2 saturated carbocycles. The van der Waals surface area contributed by atoms with Gasteiger partial charge in [-0.2, -0.15) is 5.26 Å². The van der Waals surface area contributed by atoms with Crippen molar-refractivity contribution in [2.24, 2.45) is 9.98 Å². The zero-order valence-electron chi connectivity index (χ0n) is 20.9. The second-order valence-electron chi connectivity index (χ2n) is 11.3. The summed E-state index contributed by atoms with van der Waals surface area (Å²) in [6, 6.07) is 13.8. The van der Waals surface area contributed by atoms with Crippen molar-refractivity contribution >= 4 is 23.8 Å². The Labute approximate surface area is 216 Å². The Hall–Kier alpha value is -3.91. The monoisotopic (exact) mass is 487 g/mol. The van der Waals surface area contributed by atoms with Crippen molar-refractivity contribution in [3.63, 3.8) is 0 Å². The third-order valence-electron chi connectivity index (χ3n) is 9.22. The minimum Gasteiger partial charge on any atom is -0.507 e. The summed E-state index contributed by atoms with van der Waals surface area (Å²) in [5, 5.41) is 31.0. The largest absolute Gasteiger partial charge is 0.507 e. The molecule has 4 unspecified atom stereocenters. The minimum absolute atomic E-state index is 0.241. The molecular formula is C32H29N3O2. The molecule has 0 amide bonds. The SMILES string of the molecule is Cc1cc(N=Cc2cc3c(cc2O)C2CCC3C2)c(N=Cc2cc3c(cc2O)C2CCC3C2)cc1C#N. The molecule has 0 aromatic heterocycles.